The average molecular weight is 255 g/mol. The van der Waals surface area contributed by atoms with Crippen LogP contribution in [0.1, 0.15) is 11.1 Å². The molecule has 2 N–H and O–H groups in total. The van der Waals surface area contributed by atoms with E-state index in [2.05, 4.69) is 4.98 Å². The number of nitrogens with two attached hydrogens (primary N) is 1. The SMILES string of the molecule is NCc1cccc(Cn2c(=O)oc3cccnc32)c1. The van der Waals surface area contributed by atoms with E-state index in [1.165, 1.54) is 4.57 Å². The van der Waals surface area contributed by atoms with Gasteiger partial charge in [-0.1, -0.05) is 24.3 Å². The van der Waals surface area contributed by atoms with Crippen LogP contribution in [-0.2, 0) is 13.1 Å². The molecule has 5 nitrogen and oxygen atoms in total. The summed E-state index contributed by atoms with van der Waals surface area (Å²) in [6, 6.07) is 11.3. The normalized spacial score (nSPS) is 11.0. The first-order chi connectivity index (χ1) is 9.28. The highest BCUT2D eigenvalue weighted by atomic mass is 16.4. The number of aromatic nitrogens is 2. The highest BCUT2D eigenvalue weighted by Crippen LogP contribution is 2.12. The molecule has 0 saturated heterocycles. The largest absolute Gasteiger partial charge is 0.421 e. The molecule has 0 amide bonds. The Kier molecular flexibility index (Phi) is 2.89. The molecule has 19 heavy (non-hydrogen) atoms. The minimum Gasteiger partial charge on any atom is -0.406 e. The standard InChI is InChI=1S/C14H13N3O2/c15-8-10-3-1-4-11(7-10)9-17-13-12(19-14(17)18)5-2-6-16-13/h1-7H,8-9,15H2. The van der Waals surface area contributed by atoms with Crippen LogP contribution in [0.2, 0.25) is 0 Å². The van der Waals surface area contributed by atoms with Crippen molar-refractivity contribution in [2.45, 2.75) is 13.1 Å². The van der Waals surface area contributed by atoms with Gasteiger partial charge in [0.05, 0.1) is 6.54 Å². The Bertz CT molecular complexity index is 773. The fourth-order valence-electron chi connectivity index (χ4n) is 2.08. The molecule has 0 radical (unpaired) electrons. The summed E-state index contributed by atoms with van der Waals surface area (Å²) in [5.41, 5.74) is 8.71. The summed E-state index contributed by atoms with van der Waals surface area (Å²) >= 11 is 0. The maximum Gasteiger partial charge on any atom is 0.421 e. The molecule has 0 fully saturated rings. The Labute approximate surface area is 109 Å². The first-order valence-electron chi connectivity index (χ1n) is 6.00. The molecule has 96 valence electrons. The zero-order chi connectivity index (χ0) is 13.2. The zero-order valence-corrected chi connectivity index (χ0v) is 10.2. The van der Waals surface area contributed by atoms with Crippen LogP contribution in [0.15, 0.2) is 51.8 Å². The maximum absolute atomic E-state index is 11.8. The van der Waals surface area contributed by atoms with Crippen LogP contribution in [0.25, 0.3) is 11.2 Å². The van der Waals surface area contributed by atoms with E-state index in [1.54, 1.807) is 18.3 Å². The zero-order valence-electron chi connectivity index (χ0n) is 10.2. The summed E-state index contributed by atoms with van der Waals surface area (Å²) in [4.78, 5) is 16.0. The molecule has 0 aliphatic carbocycles. The van der Waals surface area contributed by atoms with Crippen LogP contribution in [0.5, 0.6) is 0 Å². The van der Waals surface area contributed by atoms with Gasteiger partial charge in [-0.15, -0.1) is 0 Å². The molecule has 2 aromatic heterocycles. The van der Waals surface area contributed by atoms with Crippen molar-refractivity contribution in [3.63, 3.8) is 0 Å². The van der Waals surface area contributed by atoms with E-state index in [0.717, 1.165) is 11.1 Å². The highest BCUT2D eigenvalue weighted by molar-refractivity contribution is 5.67. The Hall–Kier alpha value is -2.40. The maximum atomic E-state index is 11.8. The Morgan fingerprint density at radius 2 is 2.05 bits per heavy atom. The van der Waals surface area contributed by atoms with Crippen molar-refractivity contribution < 1.29 is 4.42 Å². The molecule has 0 aliphatic heterocycles. The van der Waals surface area contributed by atoms with Gasteiger partial charge >= 0.3 is 5.76 Å². The van der Waals surface area contributed by atoms with Gasteiger partial charge in [-0.2, -0.15) is 0 Å². The van der Waals surface area contributed by atoms with Gasteiger partial charge in [0.1, 0.15) is 0 Å². The number of fused-ring (bicyclic) bond motifs is 1. The number of rotatable bonds is 3. The number of hydrogen-bond donors (Lipinski definition) is 1. The summed E-state index contributed by atoms with van der Waals surface area (Å²) in [7, 11) is 0. The van der Waals surface area contributed by atoms with Gasteiger partial charge in [-0.05, 0) is 23.3 Å². The smallest absolute Gasteiger partial charge is 0.406 e. The molecular weight excluding hydrogens is 242 g/mol. The first-order valence-corrected chi connectivity index (χ1v) is 6.00. The first kappa shape index (κ1) is 11.7. The van der Waals surface area contributed by atoms with Gasteiger partial charge in [0.25, 0.3) is 0 Å². The number of pyridine rings is 1. The molecule has 0 saturated carbocycles. The Morgan fingerprint density at radius 1 is 1.21 bits per heavy atom. The number of nitrogens with zero attached hydrogens (tertiary/aromatic N) is 2. The van der Waals surface area contributed by atoms with Crippen LogP contribution < -0.4 is 11.5 Å². The summed E-state index contributed by atoms with van der Waals surface area (Å²) in [6.45, 7) is 0.907. The summed E-state index contributed by atoms with van der Waals surface area (Å²) in [6.07, 6.45) is 1.64. The third kappa shape index (κ3) is 2.15. The van der Waals surface area contributed by atoms with Gasteiger partial charge in [0.15, 0.2) is 11.2 Å². The van der Waals surface area contributed by atoms with Crippen LogP contribution >= 0.6 is 0 Å². The van der Waals surface area contributed by atoms with E-state index >= 15 is 0 Å². The van der Waals surface area contributed by atoms with Crippen molar-refractivity contribution in [1.29, 1.82) is 0 Å². The molecule has 3 rings (SSSR count). The lowest BCUT2D eigenvalue weighted by atomic mass is 10.1. The summed E-state index contributed by atoms with van der Waals surface area (Å²) < 4.78 is 6.67. The summed E-state index contributed by atoms with van der Waals surface area (Å²) in [5, 5.41) is 0. The van der Waals surface area contributed by atoms with Crippen molar-refractivity contribution in [3.8, 4) is 0 Å². The van der Waals surface area contributed by atoms with Crippen molar-refractivity contribution in [2.24, 2.45) is 5.73 Å². The molecular formula is C14H13N3O2. The van der Waals surface area contributed by atoms with Crippen LogP contribution in [-0.4, -0.2) is 9.55 Å². The second-order valence-corrected chi connectivity index (χ2v) is 4.30. The molecule has 0 unspecified atom stereocenters. The highest BCUT2D eigenvalue weighted by Gasteiger charge is 2.10. The number of hydrogen-bond acceptors (Lipinski definition) is 4. The van der Waals surface area contributed by atoms with E-state index < -0.39 is 5.76 Å². The minimum atomic E-state index is -0.396. The van der Waals surface area contributed by atoms with Crippen LogP contribution in [0.4, 0.5) is 0 Å². The van der Waals surface area contributed by atoms with Crippen molar-refractivity contribution in [3.05, 3.63) is 64.3 Å². The number of benzene rings is 1. The molecule has 5 heteroatoms. The van der Waals surface area contributed by atoms with Gasteiger partial charge in [0.2, 0.25) is 0 Å². The van der Waals surface area contributed by atoms with Gasteiger partial charge in [0, 0.05) is 12.7 Å². The fraction of sp³-hybridized carbons (Fsp3) is 0.143. The quantitative estimate of drug-likeness (QED) is 0.769. The summed E-state index contributed by atoms with van der Waals surface area (Å²) in [5.74, 6) is -0.396. The lowest BCUT2D eigenvalue weighted by Crippen LogP contribution is -2.15. The molecule has 2 heterocycles. The van der Waals surface area contributed by atoms with E-state index in [4.69, 9.17) is 10.2 Å². The average Bonchev–Trinajstić information content (AvgIpc) is 2.76. The van der Waals surface area contributed by atoms with Gasteiger partial charge < -0.3 is 10.2 Å². The second kappa shape index (κ2) is 4.70. The molecule has 0 spiro atoms. The van der Waals surface area contributed by atoms with Crippen molar-refractivity contribution >= 4 is 11.2 Å². The number of oxazole rings is 1. The second-order valence-electron chi connectivity index (χ2n) is 4.30. The molecule has 0 aliphatic rings. The van der Waals surface area contributed by atoms with Crippen molar-refractivity contribution in [1.82, 2.24) is 9.55 Å². The van der Waals surface area contributed by atoms with Crippen LogP contribution in [0.3, 0.4) is 0 Å². The monoisotopic (exact) mass is 255 g/mol. The third-order valence-corrected chi connectivity index (χ3v) is 2.99. The van der Waals surface area contributed by atoms with E-state index in [-0.39, 0.29) is 0 Å². The Morgan fingerprint density at radius 3 is 2.89 bits per heavy atom. The molecule has 0 bridgehead atoms. The predicted octanol–water partition coefficient (Wildman–Crippen LogP) is 1.50. The lowest BCUT2D eigenvalue weighted by Gasteiger charge is -2.04. The van der Waals surface area contributed by atoms with E-state index in [0.29, 0.717) is 24.3 Å². The topological polar surface area (TPSA) is 74.0 Å². The van der Waals surface area contributed by atoms with Gasteiger partial charge in [-0.3, -0.25) is 4.57 Å². The third-order valence-electron chi connectivity index (χ3n) is 2.99. The van der Waals surface area contributed by atoms with E-state index in [9.17, 15) is 4.79 Å². The Balaban J connectivity index is 2.05. The van der Waals surface area contributed by atoms with Crippen molar-refractivity contribution in [2.75, 3.05) is 0 Å². The minimum absolute atomic E-state index is 0.396. The van der Waals surface area contributed by atoms with Crippen LogP contribution in [0, 0.1) is 0 Å². The molecule has 1 aromatic carbocycles. The molecule has 0 atom stereocenters. The van der Waals surface area contributed by atoms with Gasteiger partial charge in [-0.25, -0.2) is 9.78 Å². The fourth-order valence-corrected chi connectivity index (χ4v) is 2.08. The molecule has 3 aromatic rings. The predicted molar refractivity (Wildman–Crippen MR) is 71.7 cm³/mol. The van der Waals surface area contributed by atoms with E-state index in [1.807, 2.05) is 24.3 Å². The lowest BCUT2D eigenvalue weighted by molar-refractivity contribution is 0.517.